The monoisotopic (exact) mass is 388 g/mol. The maximum Gasteiger partial charge on any atom is 0.308 e. The van der Waals surface area contributed by atoms with Gasteiger partial charge in [-0.2, -0.15) is 0 Å². The highest BCUT2D eigenvalue weighted by Gasteiger charge is 2.07. The second kappa shape index (κ2) is 21.1. The zero-order chi connectivity index (χ0) is 20.7. The first-order valence-corrected chi connectivity index (χ1v) is 10.1. The maximum absolute atomic E-state index is 11.2. The van der Waals surface area contributed by atoms with E-state index in [0.717, 1.165) is 38.5 Å². The van der Waals surface area contributed by atoms with Crippen LogP contribution in [0.3, 0.4) is 0 Å². The molecular formula is C24H36O4. The van der Waals surface area contributed by atoms with Crippen LogP contribution in [0.15, 0.2) is 72.9 Å². The quantitative estimate of drug-likeness (QED) is 0.213. The van der Waals surface area contributed by atoms with Crippen LogP contribution in [-0.4, -0.2) is 29.1 Å². The summed E-state index contributed by atoms with van der Waals surface area (Å²) in [4.78, 5) is 11.2. The van der Waals surface area contributed by atoms with E-state index in [-0.39, 0.29) is 6.42 Å². The van der Waals surface area contributed by atoms with Crippen LogP contribution < -0.4 is 0 Å². The van der Waals surface area contributed by atoms with Crippen molar-refractivity contribution in [2.75, 3.05) is 6.61 Å². The minimum atomic E-state index is -1.42. The SMILES string of the molecule is CC/C=C/C/C=C/C/C=C/C/C=C/C/C=C/C/C=C/CCC(=O)OC(O)CO. The first-order valence-electron chi connectivity index (χ1n) is 10.1. The van der Waals surface area contributed by atoms with Gasteiger partial charge in [0.15, 0.2) is 0 Å². The maximum atomic E-state index is 11.2. The van der Waals surface area contributed by atoms with Gasteiger partial charge in [0.2, 0.25) is 6.29 Å². The van der Waals surface area contributed by atoms with E-state index in [2.05, 4.69) is 72.4 Å². The number of rotatable bonds is 16. The van der Waals surface area contributed by atoms with Gasteiger partial charge in [0.05, 0.1) is 0 Å². The smallest absolute Gasteiger partial charge is 0.308 e. The third-order valence-corrected chi connectivity index (χ3v) is 3.54. The zero-order valence-electron chi connectivity index (χ0n) is 17.1. The predicted molar refractivity (Wildman–Crippen MR) is 117 cm³/mol. The number of aliphatic hydroxyl groups excluding tert-OH is 2. The molecule has 0 aromatic carbocycles. The van der Waals surface area contributed by atoms with E-state index in [1.807, 2.05) is 12.2 Å². The average Bonchev–Trinajstić information content (AvgIpc) is 2.69. The van der Waals surface area contributed by atoms with Crippen molar-refractivity contribution in [1.29, 1.82) is 0 Å². The lowest BCUT2D eigenvalue weighted by molar-refractivity contribution is -0.173. The molecule has 0 spiro atoms. The molecule has 156 valence electrons. The molecule has 0 amide bonds. The summed E-state index contributed by atoms with van der Waals surface area (Å²) in [5, 5.41) is 17.5. The van der Waals surface area contributed by atoms with Crippen LogP contribution in [0.5, 0.6) is 0 Å². The van der Waals surface area contributed by atoms with Gasteiger partial charge in [0, 0.05) is 6.42 Å². The van der Waals surface area contributed by atoms with Gasteiger partial charge in [-0.15, -0.1) is 0 Å². The number of ether oxygens (including phenoxy) is 1. The Morgan fingerprint density at radius 3 is 1.54 bits per heavy atom. The largest absolute Gasteiger partial charge is 0.433 e. The van der Waals surface area contributed by atoms with E-state index in [9.17, 15) is 4.79 Å². The molecule has 28 heavy (non-hydrogen) atoms. The van der Waals surface area contributed by atoms with Crippen molar-refractivity contribution >= 4 is 5.97 Å². The van der Waals surface area contributed by atoms with Crippen molar-refractivity contribution in [3.63, 3.8) is 0 Å². The third-order valence-electron chi connectivity index (χ3n) is 3.54. The number of allylic oxidation sites excluding steroid dienone is 12. The van der Waals surface area contributed by atoms with Gasteiger partial charge in [-0.1, -0.05) is 79.8 Å². The van der Waals surface area contributed by atoms with Crippen molar-refractivity contribution in [2.24, 2.45) is 0 Å². The van der Waals surface area contributed by atoms with Crippen molar-refractivity contribution in [1.82, 2.24) is 0 Å². The molecule has 0 aliphatic heterocycles. The molecule has 4 nitrogen and oxygen atoms in total. The molecule has 1 unspecified atom stereocenters. The van der Waals surface area contributed by atoms with Crippen molar-refractivity contribution in [2.45, 2.75) is 64.6 Å². The Bertz CT molecular complexity index is 539. The number of carbonyl (C=O) groups excluding carboxylic acids is 1. The van der Waals surface area contributed by atoms with E-state index in [1.54, 1.807) is 0 Å². The second-order valence-electron chi connectivity index (χ2n) is 6.08. The number of esters is 1. The second-order valence-corrected chi connectivity index (χ2v) is 6.08. The van der Waals surface area contributed by atoms with Crippen LogP contribution in [0.4, 0.5) is 0 Å². The normalized spacial score (nSPS) is 14.0. The van der Waals surface area contributed by atoms with Crippen LogP contribution in [0.2, 0.25) is 0 Å². The first kappa shape index (κ1) is 25.8. The molecule has 0 aromatic heterocycles. The number of aliphatic hydroxyl groups is 2. The molecule has 0 bridgehead atoms. The van der Waals surface area contributed by atoms with Crippen LogP contribution in [0.25, 0.3) is 0 Å². The minimum Gasteiger partial charge on any atom is -0.433 e. The minimum absolute atomic E-state index is 0.194. The Balaban J connectivity index is 3.59. The Morgan fingerprint density at radius 2 is 1.14 bits per heavy atom. The fourth-order valence-corrected chi connectivity index (χ4v) is 2.09. The summed E-state index contributed by atoms with van der Waals surface area (Å²) in [6.07, 6.45) is 30.7. The van der Waals surface area contributed by atoms with Crippen LogP contribution in [0.1, 0.15) is 58.3 Å². The molecule has 0 radical (unpaired) electrons. The van der Waals surface area contributed by atoms with Crippen LogP contribution in [0, 0.1) is 0 Å². The van der Waals surface area contributed by atoms with E-state index in [0.29, 0.717) is 6.42 Å². The molecule has 0 heterocycles. The fraction of sp³-hybridized carbons (Fsp3) is 0.458. The number of hydrogen-bond donors (Lipinski definition) is 2. The molecule has 0 aliphatic rings. The Hall–Kier alpha value is -2.17. The standard InChI is InChI=1S/C24H36O4/c1-2-3-4-5-6-7-8-9-10-11-12-13-14-15-16-17-18-19-20-21-23(26)28-24(27)22-25/h3-4,6-7,9-10,12-13,15-16,18-19,24-25,27H,2,5,8,11,14,17,20-22H2,1H3/b4-3+,7-6+,10-9+,13-12+,16-15+,19-18+. The predicted octanol–water partition coefficient (Wildman–Crippen LogP) is 5.32. The van der Waals surface area contributed by atoms with E-state index in [1.165, 1.54) is 0 Å². The molecule has 0 fully saturated rings. The Morgan fingerprint density at radius 1 is 0.750 bits per heavy atom. The van der Waals surface area contributed by atoms with Gasteiger partial charge < -0.3 is 14.9 Å². The lowest BCUT2D eigenvalue weighted by Crippen LogP contribution is -2.20. The summed E-state index contributed by atoms with van der Waals surface area (Å²) in [7, 11) is 0. The summed E-state index contributed by atoms with van der Waals surface area (Å²) in [5.41, 5.74) is 0. The summed E-state index contributed by atoms with van der Waals surface area (Å²) >= 11 is 0. The molecule has 4 heteroatoms. The van der Waals surface area contributed by atoms with Crippen molar-refractivity contribution in [3.8, 4) is 0 Å². The molecule has 1 atom stereocenters. The van der Waals surface area contributed by atoms with E-state index in [4.69, 9.17) is 10.2 Å². The summed E-state index contributed by atoms with van der Waals surface area (Å²) < 4.78 is 4.54. The first-order chi connectivity index (χ1) is 13.7. The van der Waals surface area contributed by atoms with Gasteiger partial charge in [-0.3, -0.25) is 4.79 Å². The van der Waals surface area contributed by atoms with Gasteiger partial charge >= 0.3 is 5.97 Å². The molecule has 0 aromatic rings. The zero-order valence-corrected chi connectivity index (χ0v) is 17.1. The van der Waals surface area contributed by atoms with Gasteiger partial charge in [0.1, 0.15) is 6.61 Å². The van der Waals surface area contributed by atoms with Crippen molar-refractivity contribution < 1.29 is 19.7 Å². The summed E-state index contributed by atoms with van der Waals surface area (Å²) in [6, 6.07) is 0. The summed E-state index contributed by atoms with van der Waals surface area (Å²) in [6.45, 7) is 1.56. The van der Waals surface area contributed by atoms with Crippen molar-refractivity contribution in [3.05, 3.63) is 72.9 Å². The molecular weight excluding hydrogens is 352 g/mol. The number of hydrogen-bond acceptors (Lipinski definition) is 4. The molecule has 0 saturated carbocycles. The Labute approximate surface area is 170 Å². The average molecular weight is 389 g/mol. The lowest BCUT2D eigenvalue weighted by Gasteiger charge is -2.07. The highest BCUT2D eigenvalue weighted by Crippen LogP contribution is 1.99. The molecule has 0 saturated heterocycles. The lowest BCUT2D eigenvalue weighted by atomic mass is 10.2. The molecule has 0 rings (SSSR count). The Kier molecular flexibility index (Phi) is 19.5. The van der Waals surface area contributed by atoms with Gasteiger partial charge in [-0.25, -0.2) is 0 Å². The highest BCUT2D eigenvalue weighted by atomic mass is 16.6. The highest BCUT2D eigenvalue weighted by molar-refractivity contribution is 5.69. The van der Waals surface area contributed by atoms with Gasteiger partial charge in [0.25, 0.3) is 0 Å². The van der Waals surface area contributed by atoms with Crippen LogP contribution in [-0.2, 0) is 9.53 Å². The fourth-order valence-electron chi connectivity index (χ4n) is 2.09. The topological polar surface area (TPSA) is 66.8 Å². The van der Waals surface area contributed by atoms with E-state index >= 15 is 0 Å². The summed E-state index contributed by atoms with van der Waals surface area (Å²) in [5.74, 6) is -0.513. The van der Waals surface area contributed by atoms with E-state index < -0.39 is 18.9 Å². The number of carbonyl (C=O) groups is 1. The third kappa shape index (κ3) is 20.1. The van der Waals surface area contributed by atoms with Gasteiger partial charge in [-0.05, 0) is 44.9 Å². The molecule has 2 N–H and O–H groups in total. The molecule has 0 aliphatic carbocycles. The van der Waals surface area contributed by atoms with Crippen LogP contribution >= 0.6 is 0 Å².